The maximum absolute atomic E-state index is 6.31. The van der Waals surface area contributed by atoms with Gasteiger partial charge in [0.15, 0.2) is 0 Å². The van der Waals surface area contributed by atoms with Crippen molar-refractivity contribution in [2.75, 3.05) is 56.6 Å². The lowest BCUT2D eigenvalue weighted by Gasteiger charge is -2.37. The topological polar surface area (TPSA) is 34.7 Å². The van der Waals surface area contributed by atoms with Gasteiger partial charge in [0.2, 0.25) is 0 Å². The van der Waals surface area contributed by atoms with Gasteiger partial charge in [-0.1, -0.05) is 23.7 Å². The molecule has 0 atom stereocenters. The zero-order chi connectivity index (χ0) is 25.8. The number of rotatable bonds is 9. The molecule has 5 rings (SSSR count). The summed E-state index contributed by atoms with van der Waals surface area (Å²) in [5, 5.41) is 2.06. The van der Waals surface area contributed by atoms with Gasteiger partial charge in [-0.05, 0) is 80.8 Å². The monoisotopic (exact) mass is 516 g/mol. The minimum atomic E-state index is 0.803. The summed E-state index contributed by atoms with van der Waals surface area (Å²) in [5.41, 5.74) is 6.15. The molecule has 1 saturated heterocycles. The molecule has 0 saturated carbocycles. The molecule has 0 radical (unpaired) electrons. The number of anilines is 2. The van der Waals surface area contributed by atoms with E-state index >= 15 is 0 Å². The highest BCUT2D eigenvalue weighted by Crippen LogP contribution is 2.33. The number of piperazine rings is 1. The maximum Gasteiger partial charge on any atom is 0.132 e. The molecule has 3 aromatic carbocycles. The molecule has 2 heterocycles. The van der Waals surface area contributed by atoms with Gasteiger partial charge in [-0.15, -0.1) is 0 Å². The van der Waals surface area contributed by atoms with E-state index in [-0.39, 0.29) is 0 Å². The molecule has 1 fully saturated rings. The smallest absolute Gasteiger partial charge is 0.132 e. The Bertz CT molecular complexity index is 1340. The summed E-state index contributed by atoms with van der Waals surface area (Å²) in [5.74, 6) is 1.79. The van der Waals surface area contributed by atoms with Crippen molar-refractivity contribution < 1.29 is 4.74 Å². The number of H-pyrrole nitrogens is 1. The normalized spacial score (nSPS) is 14.3. The number of aryl methyl sites for hydroxylation is 1. The summed E-state index contributed by atoms with van der Waals surface area (Å²) in [6.45, 7) is 7.60. The van der Waals surface area contributed by atoms with Crippen LogP contribution in [0.2, 0.25) is 5.02 Å². The first-order chi connectivity index (χ1) is 18.0. The zero-order valence-electron chi connectivity index (χ0n) is 22.1. The van der Waals surface area contributed by atoms with E-state index in [1.807, 2.05) is 32.3 Å². The summed E-state index contributed by atoms with van der Waals surface area (Å²) >= 11 is 6.20. The maximum atomic E-state index is 6.31. The Labute approximate surface area is 225 Å². The molecule has 0 spiro atoms. The Morgan fingerprint density at radius 1 is 0.946 bits per heavy atom. The summed E-state index contributed by atoms with van der Waals surface area (Å²) in [4.78, 5) is 10.6. The molecular weight excluding hydrogens is 480 g/mol. The number of nitrogens with one attached hydrogen (secondary N) is 1. The van der Waals surface area contributed by atoms with Gasteiger partial charge >= 0.3 is 0 Å². The quantitative estimate of drug-likeness (QED) is 0.240. The van der Waals surface area contributed by atoms with Gasteiger partial charge in [0, 0.05) is 85.4 Å². The fourth-order valence-corrected chi connectivity index (χ4v) is 5.40. The molecule has 0 aliphatic carbocycles. The van der Waals surface area contributed by atoms with E-state index in [1.165, 1.54) is 40.6 Å². The molecule has 1 aromatic heterocycles. The van der Waals surface area contributed by atoms with E-state index in [1.54, 1.807) is 0 Å². The summed E-state index contributed by atoms with van der Waals surface area (Å²) < 4.78 is 6.31. The number of benzene rings is 3. The fraction of sp³-hybridized carbons (Fsp3) is 0.355. The summed E-state index contributed by atoms with van der Waals surface area (Å²) in [6.07, 6.45) is 5.62. The lowest BCUT2D eigenvalue weighted by molar-refractivity contribution is 0.253. The Kier molecular flexibility index (Phi) is 7.92. The highest BCUT2D eigenvalue weighted by Gasteiger charge is 2.19. The number of hydrogen-bond acceptors (Lipinski definition) is 4. The molecule has 6 heteroatoms. The molecule has 194 valence electrons. The van der Waals surface area contributed by atoms with E-state index in [2.05, 4.69) is 75.3 Å². The highest BCUT2D eigenvalue weighted by atomic mass is 35.5. The standard InChI is InChI=1S/C31H37ClN4O/c1-23-30(11-7-12-31(23)37-27-10-6-9-26(21-27)34(2)3)36-18-16-35(17-19-36)15-5-4-8-24-22-33-29-14-13-25(32)20-28(24)29/h6-7,9-14,20-22,33H,4-5,8,15-19H2,1-3H3. The first-order valence-electron chi connectivity index (χ1n) is 13.3. The number of aromatic amines is 1. The predicted molar refractivity (Wildman–Crippen MR) is 157 cm³/mol. The number of aromatic nitrogens is 1. The van der Waals surface area contributed by atoms with E-state index in [4.69, 9.17) is 16.3 Å². The highest BCUT2D eigenvalue weighted by molar-refractivity contribution is 6.31. The van der Waals surface area contributed by atoms with Crippen molar-refractivity contribution in [1.29, 1.82) is 0 Å². The van der Waals surface area contributed by atoms with Crippen LogP contribution in [-0.4, -0.2) is 56.7 Å². The Balaban J connectivity index is 1.12. The van der Waals surface area contributed by atoms with Gasteiger partial charge in [-0.2, -0.15) is 0 Å². The average Bonchev–Trinajstić information content (AvgIpc) is 3.30. The van der Waals surface area contributed by atoms with Crippen LogP contribution in [0.4, 0.5) is 11.4 Å². The van der Waals surface area contributed by atoms with E-state index in [0.717, 1.165) is 61.4 Å². The van der Waals surface area contributed by atoms with Crippen molar-refractivity contribution in [2.45, 2.75) is 26.2 Å². The van der Waals surface area contributed by atoms with E-state index < -0.39 is 0 Å². The molecule has 1 aliphatic rings. The third-order valence-electron chi connectivity index (χ3n) is 7.43. The van der Waals surface area contributed by atoms with Crippen LogP contribution < -0.4 is 14.5 Å². The van der Waals surface area contributed by atoms with Crippen LogP contribution in [0, 0.1) is 6.92 Å². The van der Waals surface area contributed by atoms with Crippen LogP contribution in [0.5, 0.6) is 11.5 Å². The largest absolute Gasteiger partial charge is 0.457 e. The van der Waals surface area contributed by atoms with Crippen LogP contribution in [0.1, 0.15) is 24.0 Å². The van der Waals surface area contributed by atoms with Gasteiger partial charge < -0.3 is 19.5 Å². The summed E-state index contributed by atoms with van der Waals surface area (Å²) in [7, 11) is 4.09. The predicted octanol–water partition coefficient (Wildman–Crippen LogP) is 7.13. The van der Waals surface area contributed by atoms with Crippen LogP contribution in [0.25, 0.3) is 10.9 Å². The van der Waals surface area contributed by atoms with Gasteiger partial charge in [0.05, 0.1) is 0 Å². The van der Waals surface area contributed by atoms with Crippen molar-refractivity contribution in [3.8, 4) is 11.5 Å². The lowest BCUT2D eigenvalue weighted by Crippen LogP contribution is -2.46. The van der Waals surface area contributed by atoms with Crippen LogP contribution in [0.3, 0.4) is 0 Å². The lowest BCUT2D eigenvalue weighted by atomic mass is 10.1. The molecular formula is C31H37ClN4O. The van der Waals surface area contributed by atoms with Gasteiger partial charge in [-0.25, -0.2) is 0 Å². The van der Waals surface area contributed by atoms with Crippen molar-refractivity contribution in [1.82, 2.24) is 9.88 Å². The number of halogens is 1. The van der Waals surface area contributed by atoms with Crippen LogP contribution >= 0.6 is 11.6 Å². The zero-order valence-corrected chi connectivity index (χ0v) is 22.9. The number of fused-ring (bicyclic) bond motifs is 1. The van der Waals surface area contributed by atoms with Gasteiger partial charge in [0.1, 0.15) is 11.5 Å². The van der Waals surface area contributed by atoms with E-state index in [9.17, 15) is 0 Å². The molecule has 37 heavy (non-hydrogen) atoms. The number of hydrogen-bond donors (Lipinski definition) is 1. The molecule has 4 aromatic rings. The number of unbranched alkanes of at least 4 members (excludes halogenated alkanes) is 1. The number of nitrogens with zero attached hydrogens (tertiary/aromatic N) is 3. The van der Waals surface area contributed by atoms with Crippen molar-refractivity contribution in [2.24, 2.45) is 0 Å². The SMILES string of the molecule is Cc1c(Oc2cccc(N(C)C)c2)cccc1N1CCN(CCCCc2c[nH]c3ccc(Cl)cc23)CC1. The fourth-order valence-electron chi connectivity index (χ4n) is 5.23. The van der Waals surface area contributed by atoms with Crippen LogP contribution in [-0.2, 0) is 6.42 Å². The third-order valence-corrected chi connectivity index (χ3v) is 7.67. The molecule has 0 bridgehead atoms. The Morgan fingerprint density at radius 2 is 1.76 bits per heavy atom. The second kappa shape index (κ2) is 11.5. The van der Waals surface area contributed by atoms with Gasteiger partial charge in [-0.3, -0.25) is 4.90 Å². The molecule has 0 amide bonds. The molecule has 5 nitrogen and oxygen atoms in total. The first-order valence-corrected chi connectivity index (χ1v) is 13.6. The van der Waals surface area contributed by atoms with Crippen molar-refractivity contribution in [3.05, 3.63) is 83.0 Å². The second-order valence-corrected chi connectivity index (χ2v) is 10.6. The molecule has 1 N–H and O–H groups in total. The Hall–Kier alpha value is -3.15. The first kappa shape index (κ1) is 25.5. The number of ether oxygens (including phenoxy) is 1. The third kappa shape index (κ3) is 6.06. The molecule has 0 unspecified atom stereocenters. The average molecular weight is 517 g/mol. The minimum absolute atomic E-state index is 0.803. The van der Waals surface area contributed by atoms with Crippen molar-refractivity contribution in [3.63, 3.8) is 0 Å². The summed E-state index contributed by atoms with van der Waals surface area (Å²) in [6, 6.07) is 20.7. The van der Waals surface area contributed by atoms with Crippen LogP contribution in [0.15, 0.2) is 66.9 Å². The second-order valence-electron chi connectivity index (χ2n) is 10.2. The van der Waals surface area contributed by atoms with E-state index in [0.29, 0.717) is 0 Å². The minimum Gasteiger partial charge on any atom is -0.457 e. The van der Waals surface area contributed by atoms with Crippen molar-refractivity contribution >= 4 is 33.9 Å². The molecule has 1 aliphatic heterocycles. The Morgan fingerprint density at radius 3 is 2.57 bits per heavy atom. The van der Waals surface area contributed by atoms with Gasteiger partial charge in [0.25, 0.3) is 0 Å².